The molecule has 1 fully saturated rings. The smallest absolute Gasteiger partial charge is 0.220 e. The highest BCUT2D eigenvalue weighted by Crippen LogP contribution is 2.12. The molecule has 2 heteroatoms. The van der Waals surface area contributed by atoms with Crippen molar-refractivity contribution in [2.45, 2.75) is 51.5 Å². The van der Waals surface area contributed by atoms with Crippen molar-refractivity contribution in [1.82, 2.24) is 5.32 Å². The summed E-state index contributed by atoms with van der Waals surface area (Å²) in [6.45, 7) is 2.16. The second-order valence-corrected chi connectivity index (χ2v) is 3.30. The molecule has 64 valence electrons. The predicted octanol–water partition coefficient (Wildman–Crippen LogP) is 1.85. The lowest BCUT2D eigenvalue weighted by Crippen LogP contribution is -2.32. The van der Waals surface area contributed by atoms with Gasteiger partial charge >= 0.3 is 0 Å². The Morgan fingerprint density at radius 2 is 2.36 bits per heavy atom. The van der Waals surface area contributed by atoms with Crippen LogP contribution in [0.2, 0.25) is 0 Å². The minimum atomic E-state index is 0.251. The lowest BCUT2D eigenvalue weighted by atomic mass is 10.1. The summed E-state index contributed by atoms with van der Waals surface area (Å²) in [6.07, 6.45) is 6.52. The summed E-state index contributed by atoms with van der Waals surface area (Å²) in [4.78, 5) is 11.1. The molecule has 0 bridgehead atoms. The van der Waals surface area contributed by atoms with Gasteiger partial charge in [-0.15, -0.1) is 0 Å². The van der Waals surface area contributed by atoms with E-state index in [9.17, 15) is 4.79 Å². The third kappa shape index (κ3) is 2.91. The minimum Gasteiger partial charge on any atom is -0.353 e. The van der Waals surface area contributed by atoms with Crippen LogP contribution in [-0.4, -0.2) is 11.9 Å². The second kappa shape index (κ2) is 4.37. The normalized spacial score (nSPS) is 25.9. The number of nitrogens with one attached hydrogen (secondary N) is 1. The largest absolute Gasteiger partial charge is 0.353 e. The maximum Gasteiger partial charge on any atom is 0.220 e. The van der Waals surface area contributed by atoms with Crippen LogP contribution in [-0.2, 0) is 4.79 Å². The van der Waals surface area contributed by atoms with E-state index in [4.69, 9.17) is 0 Å². The van der Waals surface area contributed by atoms with Crippen molar-refractivity contribution in [3.8, 4) is 0 Å². The van der Waals surface area contributed by atoms with Crippen LogP contribution in [0.4, 0.5) is 0 Å². The average molecular weight is 155 g/mol. The van der Waals surface area contributed by atoms with Gasteiger partial charge < -0.3 is 5.32 Å². The molecule has 11 heavy (non-hydrogen) atoms. The van der Waals surface area contributed by atoms with Gasteiger partial charge in [0.25, 0.3) is 0 Å². The predicted molar refractivity (Wildman–Crippen MR) is 45.3 cm³/mol. The number of carbonyl (C=O) groups is 1. The van der Waals surface area contributed by atoms with Crippen molar-refractivity contribution < 1.29 is 4.79 Å². The van der Waals surface area contributed by atoms with E-state index in [-0.39, 0.29) is 5.91 Å². The molecule has 0 aromatic rings. The highest BCUT2D eigenvalue weighted by Gasteiger charge is 2.14. The zero-order valence-electron chi connectivity index (χ0n) is 7.23. The van der Waals surface area contributed by atoms with Gasteiger partial charge in [0.1, 0.15) is 0 Å². The van der Waals surface area contributed by atoms with E-state index in [2.05, 4.69) is 12.2 Å². The number of carbonyl (C=O) groups excluding carboxylic acids is 1. The quantitative estimate of drug-likeness (QED) is 0.647. The van der Waals surface area contributed by atoms with Gasteiger partial charge in [-0.1, -0.05) is 19.8 Å². The Balaban J connectivity index is 2.33. The number of amides is 1. The van der Waals surface area contributed by atoms with Crippen LogP contribution in [0.1, 0.15) is 45.4 Å². The molecule has 0 aliphatic carbocycles. The average Bonchev–Trinajstić information content (AvgIpc) is 2.15. The fourth-order valence-corrected chi connectivity index (χ4v) is 1.61. The van der Waals surface area contributed by atoms with Gasteiger partial charge in [-0.3, -0.25) is 4.79 Å². The highest BCUT2D eigenvalue weighted by atomic mass is 16.1. The summed E-state index contributed by atoms with van der Waals surface area (Å²) in [5.41, 5.74) is 0. The van der Waals surface area contributed by atoms with E-state index in [1.807, 2.05) is 0 Å². The number of hydrogen-bond acceptors (Lipinski definition) is 1. The molecular formula is C9H17NO. The van der Waals surface area contributed by atoms with E-state index < -0.39 is 0 Å². The van der Waals surface area contributed by atoms with Crippen LogP contribution in [0.3, 0.4) is 0 Å². The fraction of sp³-hybridized carbons (Fsp3) is 0.889. The summed E-state index contributed by atoms with van der Waals surface area (Å²) in [5.74, 6) is 0.251. The van der Waals surface area contributed by atoms with Crippen LogP contribution in [0.25, 0.3) is 0 Å². The highest BCUT2D eigenvalue weighted by molar-refractivity contribution is 5.76. The zero-order valence-corrected chi connectivity index (χ0v) is 7.23. The fourth-order valence-electron chi connectivity index (χ4n) is 1.61. The Hall–Kier alpha value is -0.530. The number of rotatable bonds is 2. The summed E-state index contributed by atoms with van der Waals surface area (Å²) >= 11 is 0. The van der Waals surface area contributed by atoms with E-state index in [1.54, 1.807) is 0 Å². The third-order valence-corrected chi connectivity index (χ3v) is 2.21. The Bertz CT molecular complexity index is 134. The maximum absolute atomic E-state index is 11.1. The lowest BCUT2D eigenvalue weighted by Gasteiger charge is -2.13. The van der Waals surface area contributed by atoms with Crippen LogP contribution >= 0.6 is 0 Å². The molecule has 0 saturated carbocycles. The Morgan fingerprint density at radius 3 is 3.09 bits per heavy atom. The molecule has 1 amide bonds. The molecule has 0 unspecified atom stereocenters. The zero-order chi connectivity index (χ0) is 8.10. The SMILES string of the molecule is CCC[C@@H]1CCCCC(=O)N1. The molecule has 1 heterocycles. The van der Waals surface area contributed by atoms with Gasteiger partial charge in [0.05, 0.1) is 0 Å². The molecule has 1 aliphatic rings. The van der Waals surface area contributed by atoms with E-state index >= 15 is 0 Å². The van der Waals surface area contributed by atoms with Crippen LogP contribution in [0.15, 0.2) is 0 Å². The summed E-state index contributed by atoms with van der Waals surface area (Å²) in [5, 5.41) is 3.04. The van der Waals surface area contributed by atoms with Crippen molar-refractivity contribution in [2.75, 3.05) is 0 Å². The summed E-state index contributed by atoms with van der Waals surface area (Å²) in [7, 11) is 0. The van der Waals surface area contributed by atoms with Gasteiger partial charge in [0.2, 0.25) is 5.91 Å². The molecule has 2 nitrogen and oxygen atoms in total. The molecule has 0 aromatic carbocycles. The minimum absolute atomic E-state index is 0.251. The van der Waals surface area contributed by atoms with E-state index in [1.165, 1.54) is 19.3 Å². The van der Waals surface area contributed by atoms with Gasteiger partial charge in [0.15, 0.2) is 0 Å². The van der Waals surface area contributed by atoms with Gasteiger partial charge in [-0.2, -0.15) is 0 Å². The first-order valence-electron chi connectivity index (χ1n) is 4.62. The van der Waals surface area contributed by atoms with Crippen molar-refractivity contribution in [1.29, 1.82) is 0 Å². The standard InChI is InChI=1S/C9H17NO/c1-2-5-8-6-3-4-7-9(11)10-8/h8H,2-7H2,1H3,(H,10,11)/t8-/m1/s1. The molecule has 1 saturated heterocycles. The molecular weight excluding hydrogens is 138 g/mol. The van der Waals surface area contributed by atoms with Crippen molar-refractivity contribution >= 4 is 5.91 Å². The molecule has 1 atom stereocenters. The topological polar surface area (TPSA) is 29.1 Å². The monoisotopic (exact) mass is 155 g/mol. The molecule has 0 radical (unpaired) electrons. The first-order valence-corrected chi connectivity index (χ1v) is 4.62. The molecule has 0 spiro atoms. The molecule has 1 aliphatic heterocycles. The lowest BCUT2D eigenvalue weighted by molar-refractivity contribution is -0.121. The first kappa shape index (κ1) is 8.57. The van der Waals surface area contributed by atoms with Crippen LogP contribution in [0, 0.1) is 0 Å². The Kier molecular flexibility index (Phi) is 3.40. The van der Waals surface area contributed by atoms with Crippen molar-refractivity contribution in [2.24, 2.45) is 0 Å². The second-order valence-electron chi connectivity index (χ2n) is 3.30. The van der Waals surface area contributed by atoms with E-state index in [0.29, 0.717) is 6.04 Å². The van der Waals surface area contributed by atoms with Gasteiger partial charge in [0, 0.05) is 12.5 Å². The van der Waals surface area contributed by atoms with Gasteiger partial charge in [-0.25, -0.2) is 0 Å². The number of hydrogen-bond donors (Lipinski definition) is 1. The molecule has 1 N–H and O–H groups in total. The van der Waals surface area contributed by atoms with E-state index in [0.717, 1.165) is 19.3 Å². The van der Waals surface area contributed by atoms with Crippen molar-refractivity contribution in [3.05, 3.63) is 0 Å². The Labute approximate surface area is 68.4 Å². The Morgan fingerprint density at radius 1 is 1.55 bits per heavy atom. The maximum atomic E-state index is 11.1. The molecule has 1 rings (SSSR count). The van der Waals surface area contributed by atoms with Crippen molar-refractivity contribution in [3.63, 3.8) is 0 Å². The summed E-state index contributed by atoms with van der Waals surface area (Å²) < 4.78 is 0. The summed E-state index contributed by atoms with van der Waals surface area (Å²) in [6, 6.07) is 0.468. The molecule has 0 aromatic heterocycles. The first-order chi connectivity index (χ1) is 5.33. The van der Waals surface area contributed by atoms with Crippen LogP contribution < -0.4 is 5.32 Å². The third-order valence-electron chi connectivity index (χ3n) is 2.21. The van der Waals surface area contributed by atoms with Crippen LogP contribution in [0.5, 0.6) is 0 Å². The van der Waals surface area contributed by atoms with Gasteiger partial charge in [-0.05, 0) is 19.3 Å².